The van der Waals surface area contributed by atoms with Crippen molar-refractivity contribution in [1.82, 2.24) is 0 Å². The molecule has 1 aliphatic heterocycles. The molecule has 0 aliphatic carbocycles. The van der Waals surface area contributed by atoms with Gasteiger partial charge in [-0.05, 0) is 36.8 Å². The number of rotatable bonds is 4. The molecular formula is C17H18ClNO5S2. The molecule has 0 amide bonds. The van der Waals surface area contributed by atoms with Crippen LogP contribution in [0, 0.1) is 6.92 Å². The number of aliphatic hydroxyl groups is 1. The number of anilines is 1. The average Bonchev–Trinajstić information content (AvgIpc) is 2.83. The van der Waals surface area contributed by atoms with Gasteiger partial charge in [0.2, 0.25) is 0 Å². The number of hydrogen-bond acceptors (Lipinski definition) is 5. The van der Waals surface area contributed by atoms with Gasteiger partial charge in [0.15, 0.2) is 9.84 Å². The Bertz CT molecular complexity index is 1020. The van der Waals surface area contributed by atoms with E-state index in [4.69, 9.17) is 11.6 Å². The predicted octanol–water partition coefficient (Wildman–Crippen LogP) is 2.00. The van der Waals surface area contributed by atoms with Gasteiger partial charge < -0.3 is 5.11 Å². The van der Waals surface area contributed by atoms with Crippen molar-refractivity contribution in [2.45, 2.75) is 24.0 Å². The molecule has 1 N–H and O–H groups in total. The third kappa shape index (κ3) is 3.59. The third-order valence-corrected chi connectivity index (χ3v) is 8.22. The van der Waals surface area contributed by atoms with E-state index in [0.29, 0.717) is 5.56 Å². The standard InChI is InChI=1S/C17H18ClNO5S2/c1-12-7-8-13(18)9-17(12)26(23,24)19(14-5-3-2-4-6-14)15-10-25(21,22)11-16(15)20/h2-9,15-16,20H,10-11H2,1H3/t15-,16-/m0/s1. The number of aliphatic hydroxyl groups excluding tert-OH is 1. The van der Waals surface area contributed by atoms with Crippen LogP contribution in [0.2, 0.25) is 5.02 Å². The summed E-state index contributed by atoms with van der Waals surface area (Å²) in [5.41, 5.74) is 0.763. The van der Waals surface area contributed by atoms with Crippen LogP contribution in [0.1, 0.15) is 5.56 Å². The summed E-state index contributed by atoms with van der Waals surface area (Å²) in [6.45, 7) is 1.63. The zero-order valence-electron chi connectivity index (χ0n) is 13.9. The molecule has 0 radical (unpaired) electrons. The third-order valence-electron chi connectivity index (χ3n) is 4.29. The summed E-state index contributed by atoms with van der Waals surface area (Å²) in [5.74, 6) is -0.910. The molecule has 140 valence electrons. The minimum Gasteiger partial charge on any atom is -0.390 e. The lowest BCUT2D eigenvalue weighted by Crippen LogP contribution is -2.47. The van der Waals surface area contributed by atoms with Crippen LogP contribution in [0.15, 0.2) is 53.4 Å². The van der Waals surface area contributed by atoms with E-state index in [9.17, 15) is 21.9 Å². The second kappa shape index (κ2) is 6.84. The number of halogens is 1. The fraction of sp³-hybridized carbons (Fsp3) is 0.294. The number of benzene rings is 2. The number of aryl methyl sites for hydroxylation is 1. The van der Waals surface area contributed by atoms with Gasteiger partial charge in [0, 0.05) is 5.02 Å². The van der Waals surface area contributed by atoms with Crippen LogP contribution in [0.4, 0.5) is 5.69 Å². The summed E-state index contributed by atoms with van der Waals surface area (Å²) in [5, 5.41) is 10.5. The zero-order chi connectivity index (χ0) is 19.1. The molecule has 2 aromatic rings. The first-order chi connectivity index (χ1) is 12.1. The first-order valence-corrected chi connectivity index (χ1v) is 11.5. The molecule has 1 heterocycles. The summed E-state index contributed by atoms with van der Waals surface area (Å²) in [7, 11) is -7.69. The Morgan fingerprint density at radius 1 is 1.12 bits per heavy atom. The van der Waals surface area contributed by atoms with Crippen LogP contribution >= 0.6 is 11.6 Å². The minimum absolute atomic E-state index is 0.0228. The average molecular weight is 416 g/mol. The Labute approximate surface area is 158 Å². The molecule has 2 aromatic carbocycles. The van der Waals surface area contributed by atoms with Crippen LogP contribution in [0.25, 0.3) is 0 Å². The Kier molecular flexibility index (Phi) is 5.04. The second-order valence-corrected chi connectivity index (χ2v) is 10.6. The first-order valence-electron chi connectivity index (χ1n) is 7.86. The molecule has 6 nitrogen and oxygen atoms in total. The summed E-state index contributed by atoms with van der Waals surface area (Å²) in [6, 6.07) is 11.5. The van der Waals surface area contributed by atoms with Gasteiger partial charge in [0.25, 0.3) is 10.0 Å². The van der Waals surface area contributed by atoms with Gasteiger partial charge in [-0.3, -0.25) is 4.31 Å². The van der Waals surface area contributed by atoms with E-state index in [-0.39, 0.29) is 15.6 Å². The fourth-order valence-electron chi connectivity index (χ4n) is 3.08. The molecule has 0 aromatic heterocycles. The maximum atomic E-state index is 13.4. The van der Waals surface area contributed by atoms with E-state index in [1.165, 1.54) is 6.07 Å². The number of sulfonamides is 1. The molecule has 26 heavy (non-hydrogen) atoms. The maximum Gasteiger partial charge on any atom is 0.265 e. The van der Waals surface area contributed by atoms with Gasteiger partial charge in [-0.25, -0.2) is 16.8 Å². The summed E-state index contributed by atoms with van der Waals surface area (Å²) in [6.07, 6.45) is -1.31. The molecule has 0 saturated carbocycles. The molecule has 1 fully saturated rings. The summed E-state index contributed by atoms with van der Waals surface area (Å²) < 4.78 is 51.8. The van der Waals surface area contributed by atoms with Crippen molar-refractivity contribution in [2.75, 3.05) is 15.8 Å². The van der Waals surface area contributed by atoms with Crippen molar-refractivity contribution in [3.63, 3.8) is 0 Å². The zero-order valence-corrected chi connectivity index (χ0v) is 16.3. The Balaban J connectivity index is 2.20. The van der Waals surface area contributed by atoms with Crippen LogP contribution in [0.3, 0.4) is 0 Å². The van der Waals surface area contributed by atoms with E-state index in [1.54, 1.807) is 49.4 Å². The first kappa shape index (κ1) is 19.2. The monoisotopic (exact) mass is 415 g/mol. The lowest BCUT2D eigenvalue weighted by molar-refractivity contribution is 0.184. The highest BCUT2D eigenvalue weighted by molar-refractivity contribution is 7.93. The van der Waals surface area contributed by atoms with E-state index in [1.807, 2.05) is 0 Å². The van der Waals surface area contributed by atoms with Gasteiger partial charge in [0.05, 0.1) is 34.2 Å². The normalized spacial score (nSPS) is 22.3. The largest absolute Gasteiger partial charge is 0.390 e. The number of para-hydroxylation sites is 1. The van der Waals surface area contributed by atoms with Crippen molar-refractivity contribution in [2.24, 2.45) is 0 Å². The quantitative estimate of drug-likeness (QED) is 0.824. The van der Waals surface area contributed by atoms with Crippen LogP contribution in [-0.2, 0) is 19.9 Å². The highest BCUT2D eigenvalue weighted by Gasteiger charge is 2.45. The van der Waals surface area contributed by atoms with Crippen LogP contribution < -0.4 is 4.31 Å². The van der Waals surface area contributed by atoms with Crippen LogP contribution in [-0.4, -0.2) is 45.6 Å². The SMILES string of the molecule is Cc1ccc(Cl)cc1S(=O)(=O)N(c1ccccc1)[C@H]1CS(=O)(=O)C[C@@H]1O. The van der Waals surface area contributed by atoms with E-state index < -0.39 is 43.5 Å². The smallest absolute Gasteiger partial charge is 0.265 e. The second-order valence-electron chi connectivity index (χ2n) is 6.26. The Hall–Kier alpha value is -1.61. The van der Waals surface area contributed by atoms with E-state index >= 15 is 0 Å². The molecule has 0 bridgehead atoms. The summed E-state index contributed by atoms with van der Waals surface area (Å²) >= 11 is 5.98. The van der Waals surface area contributed by atoms with E-state index in [2.05, 4.69) is 0 Å². The van der Waals surface area contributed by atoms with Crippen molar-refractivity contribution < 1.29 is 21.9 Å². The van der Waals surface area contributed by atoms with Crippen molar-refractivity contribution in [1.29, 1.82) is 0 Å². The van der Waals surface area contributed by atoms with Gasteiger partial charge in [-0.15, -0.1) is 0 Å². The summed E-state index contributed by atoms with van der Waals surface area (Å²) in [4.78, 5) is -0.0228. The topological polar surface area (TPSA) is 91.8 Å². The number of sulfone groups is 1. The van der Waals surface area contributed by atoms with Gasteiger partial charge in [-0.2, -0.15) is 0 Å². The Morgan fingerprint density at radius 3 is 2.35 bits per heavy atom. The molecule has 9 heteroatoms. The van der Waals surface area contributed by atoms with Crippen molar-refractivity contribution >= 4 is 37.1 Å². The lowest BCUT2D eigenvalue weighted by atomic mass is 10.2. The molecule has 3 rings (SSSR count). The lowest BCUT2D eigenvalue weighted by Gasteiger charge is -2.32. The van der Waals surface area contributed by atoms with Gasteiger partial charge >= 0.3 is 0 Å². The highest BCUT2D eigenvalue weighted by atomic mass is 35.5. The van der Waals surface area contributed by atoms with Crippen LogP contribution in [0.5, 0.6) is 0 Å². The molecular weight excluding hydrogens is 398 g/mol. The van der Waals surface area contributed by atoms with Crippen molar-refractivity contribution in [3.8, 4) is 0 Å². The fourth-order valence-corrected chi connectivity index (χ4v) is 7.11. The molecule has 0 unspecified atom stereocenters. The Morgan fingerprint density at radius 2 is 1.77 bits per heavy atom. The highest BCUT2D eigenvalue weighted by Crippen LogP contribution is 2.33. The minimum atomic E-state index is -4.15. The predicted molar refractivity (Wildman–Crippen MR) is 101 cm³/mol. The molecule has 1 aliphatic rings. The van der Waals surface area contributed by atoms with E-state index in [0.717, 1.165) is 4.31 Å². The molecule has 2 atom stereocenters. The maximum absolute atomic E-state index is 13.4. The number of nitrogens with zero attached hydrogens (tertiary/aromatic N) is 1. The molecule has 0 spiro atoms. The van der Waals surface area contributed by atoms with Gasteiger partial charge in [-0.1, -0.05) is 35.9 Å². The van der Waals surface area contributed by atoms with Gasteiger partial charge in [0.1, 0.15) is 0 Å². The van der Waals surface area contributed by atoms with Crippen molar-refractivity contribution in [3.05, 3.63) is 59.1 Å². The number of hydrogen-bond donors (Lipinski definition) is 1. The molecule has 1 saturated heterocycles.